The summed E-state index contributed by atoms with van der Waals surface area (Å²) in [5.41, 5.74) is 0.716. The van der Waals surface area contributed by atoms with Crippen LogP contribution in [0.15, 0.2) is 18.2 Å². The minimum atomic E-state index is -3.80. The zero-order chi connectivity index (χ0) is 18.9. The molecule has 1 saturated heterocycles. The summed E-state index contributed by atoms with van der Waals surface area (Å²) in [6.07, 6.45) is 0.293. The van der Waals surface area contributed by atoms with Crippen molar-refractivity contribution in [3.8, 4) is 11.5 Å². The highest BCUT2D eigenvalue weighted by Crippen LogP contribution is 2.36. The van der Waals surface area contributed by atoms with Gasteiger partial charge in [0.2, 0.25) is 12.7 Å². The third kappa shape index (κ3) is 3.78. The lowest BCUT2D eigenvalue weighted by Crippen LogP contribution is -2.58. The van der Waals surface area contributed by atoms with E-state index in [1.165, 1.54) is 7.05 Å². The molecule has 0 aromatic heterocycles. The molecule has 1 fully saturated rings. The maximum absolute atomic E-state index is 12.6. The maximum Gasteiger partial charge on any atom is 0.280 e. The van der Waals surface area contributed by atoms with Crippen LogP contribution < -0.4 is 19.5 Å². The van der Waals surface area contributed by atoms with Gasteiger partial charge in [0.25, 0.3) is 10.2 Å². The Bertz CT molecular complexity index is 784. The second kappa shape index (κ2) is 7.39. The van der Waals surface area contributed by atoms with E-state index in [9.17, 15) is 13.2 Å². The van der Waals surface area contributed by atoms with Gasteiger partial charge in [-0.1, -0.05) is 6.07 Å². The lowest BCUT2D eigenvalue weighted by Gasteiger charge is -2.36. The summed E-state index contributed by atoms with van der Waals surface area (Å²) in [6, 6.07) is 3.66. The van der Waals surface area contributed by atoms with Crippen molar-refractivity contribution in [2.75, 3.05) is 27.6 Å². The van der Waals surface area contributed by atoms with Crippen LogP contribution in [-0.2, 0) is 19.7 Å². The first-order valence-electron chi connectivity index (χ1n) is 8.26. The number of carbonyl (C=O) groups is 1. The molecule has 26 heavy (non-hydrogen) atoms. The molecule has 2 aliphatic heterocycles. The fraction of sp³-hybridized carbons (Fsp3) is 0.562. The lowest BCUT2D eigenvalue weighted by molar-refractivity contribution is -0.126. The Balaban J connectivity index is 1.81. The molecular formula is C16H23N3O6S. The molecule has 0 radical (unpaired) electrons. The van der Waals surface area contributed by atoms with Gasteiger partial charge < -0.3 is 19.5 Å². The number of hydrogen-bond donors (Lipinski definition) is 2. The Labute approximate surface area is 152 Å². The minimum Gasteiger partial charge on any atom is -0.454 e. The van der Waals surface area contributed by atoms with E-state index in [1.54, 1.807) is 32.2 Å². The summed E-state index contributed by atoms with van der Waals surface area (Å²) < 4.78 is 44.3. The number of fused-ring (bicyclic) bond motifs is 1. The van der Waals surface area contributed by atoms with Crippen molar-refractivity contribution >= 4 is 16.1 Å². The normalized spacial score (nSPS) is 25.7. The Morgan fingerprint density at radius 3 is 2.88 bits per heavy atom. The second-order valence-corrected chi connectivity index (χ2v) is 8.18. The standard InChI is InChI=1S/C16H23N3O6S/c1-10(8-23-3)17-16(20)13-7-12(18-26(21,22)19(13)2)11-4-5-14-15(6-11)25-9-24-14/h4-6,10,12-13,18H,7-9H2,1-3H3,(H,17,20). The van der Waals surface area contributed by atoms with E-state index in [-0.39, 0.29) is 18.7 Å². The minimum absolute atomic E-state index is 0.139. The van der Waals surface area contributed by atoms with Gasteiger partial charge in [0, 0.05) is 20.2 Å². The number of carbonyl (C=O) groups excluding carboxylic acids is 1. The fourth-order valence-electron chi connectivity index (χ4n) is 3.09. The number of likely N-dealkylation sites (N-methyl/N-ethyl adjacent to an activating group) is 1. The molecule has 2 N–H and O–H groups in total. The van der Waals surface area contributed by atoms with Gasteiger partial charge in [-0.3, -0.25) is 4.79 Å². The molecule has 144 valence electrons. The summed E-state index contributed by atoms with van der Waals surface area (Å²) in [5.74, 6) is 0.829. The predicted molar refractivity (Wildman–Crippen MR) is 93.0 cm³/mol. The highest BCUT2D eigenvalue weighted by atomic mass is 32.2. The topological polar surface area (TPSA) is 106 Å². The zero-order valence-electron chi connectivity index (χ0n) is 14.9. The second-order valence-electron chi connectivity index (χ2n) is 6.42. The van der Waals surface area contributed by atoms with Gasteiger partial charge in [-0.15, -0.1) is 0 Å². The third-order valence-corrected chi connectivity index (χ3v) is 6.07. The fourth-order valence-corrected chi connectivity index (χ4v) is 4.36. The average Bonchev–Trinajstić information content (AvgIpc) is 3.04. The quantitative estimate of drug-likeness (QED) is 0.747. The van der Waals surface area contributed by atoms with Crippen LogP contribution in [0.25, 0.3) is 0 Å². The molecule has 0 spiro atoms. The highest BCUT2D eigenvalue weighted by molar-refractivity contribution is 7.87. The Morgan fingerprint density at radius 2 is 2.15 bits per heavy atom. The zero-order valence-corrected chi connectivity index (χ0v) is 15.7. The van der Waals surface area contributed by atoms with Crippen LogP contribution >= 0.6 is 0 Å². The molecule has 10 heteroatoms. The molecule has 3 rings (SSSR count). The van der Waals surface area contributed by atoms with Gasteiger partial charge in [-0.2, -0.15) is 17.4 Å². The first-order chi connectivity index (χ1) is 12.3. The van der Waals surface area contributed by atoms with Crippen LogP contribution in [0.5, 0.6) is 11.5 Å². The maximum atomic E-state index is 12.6. The Hall–Kier alpha value is -1.88. The molecule has 0 bridgehead atoms. The van der Waals surface area contributed by atoms with Crippen molar-refractivity contribution in [2.24, 2.45) is 0 Å². The molecule has 0 aliphatic carbocycles. The lowest BCUT2D eigenvalue weighted by atomic mass is 9.99. The van der Waals surface area contributed by atoms with Crippen LogP contribution in [0, 0.1) is 0 Å². The van der Waals surface area contributed by atoms with Gasteiger partial charge in [-0.25, -0.2) is 0 Å². The summed E-state index contributed by atoms with van der Waals surface area (Å²) in [5, 5.41) is 2.79. The van der Waals surface area contributed by atoms with Crippen LogP contribution in [-0.4, -0.2) is 58.3 Å². The third-order valence-electron chi connectivity index (χ3n) is 4.48. The molecule has 1 aromatic carbocycles. The number of amides is 1. The number of nitrogens with one attached hydrogen (secondary N) is 2. The van der Waals surface area contributed by atoms with Crippen molar-refractivity contribution in [1.29, 1.82) is 0 Å². The molecule has 2 aliphatic rings. The number of benzene rings is 1. The van der Waals surface area contributed by atoms with E-state index in [4.69, 9.17) is 14.2 Å². The molecule has 9 nitrogen and oxygen atoms in total. The van der Waals surface area contributed by atoms with E-state index in [0.717, 1.165) is 4.31 Å². The molecular weight excluding hydrogens is 362 g/mol. The highest BCUT2D eigenvalue weighted by Gasteiger charge is 2.41. The summed E-state index contributed by atoms with van der Waals surface area (Å²) >= 11 is 0. The number of ether oxygens (including phenoxy) is 3. The summed E-state index contributed by atoms with van der Waals surface area (Å²) in [4.78, 5) is 12.6. The number of methoxy groups -OCH3 is 1. The summed E-state index contributed by atoms with van der Waals surface area (Å²) in [7, 11) is -0.863. The van der Waals surface area contributed by atoms with Crippen molar-refractivity contribution in [3.63, 3.8) is 0 Å². The van der Waals surface area contributed by atoms with Gasteiger partial charge in [0.1, 0.15) is 6.04 Å². The van der Waals surface area contributed by atoms with Gasteiger partial charge in [-0.05, 0) is 31.0 Å². The molecule has 3 unspecified atom stereocenters. The van der Waals surface area contributed by atoms with E-state index in [1.807, 2.05) is 0 Å². The molecule has 1 aromatic rings. The largest absolute Gasteiger partial charge is 0.454 e. The average molecular weight is 385 g/mol. The number of hydrogen-bond acceptors (Lipinski definition) is 6. The summed E-state index contributed by atoms with van der Waals surface area (Å²) in [6.45, 7) is 2.28. The van der Waals surface area contributed by atoms with Gasteiger partial charge in [0.05, 0.1) is 12.6 Å². The van der Waals surface area contributed by atoms with E-state index in [2.05, 4.69) is 10.0 Å². The predicted octanol–water partition coefficient (Wildman–Crippen LogP) is 0.146. The van der Waals surface area contributed by atoms with Crippen LogP contribution in [0.3, 0.4) is 0 Å². The van der Waals surface area contributed by atoms with Crippen LogP contribution in [0.1, 0.15) is 24.9 Å². The van der Waals surface area contributed by atoms with Crippen LogP contribution in [0.4, 0.5) is 0 Å². The van der Waals surface area contributed by atoms with Crippen molar-refractivity contribution < 1.29 is 27.4 Å². The van der Waals surface area contributed by atoms with E-state index < -0.39 is 22.3 Å². The Kier molecular flexibility index (Phi) is 5.37. The Morgan fingerprint density at radius 1 is 1.42 bits per heavy atom. The molecule has 2 heterocycles. The van der Waals surface area contributed by atoms with Gasteiger partial charge in [0.15, 0.2) is 11.5 Å². The van der Waals surface area contributed by atoms with Gasteiger partial charge >= 0.3 is 0 Å². The monoisotopic (exact) mass is 385 g/mol. The van der Waals surface area contributed by atoms with Crippen molar-refractivity contribution in [2.45, 2.75) is 31.5 Å². The first-order valence-corrected chi connectivity index (χ1v) is 9.70. The van der Waals surface area contributed by atoms with E-state index in [0.29, 0.717) is 30.1 Å². The molecule has 0 saturated carbocycles. The molecule has 1 amide bonds. The number of rotatable bonds is 5. The number of nitrogens with zero attached hydrogens (tertiary/aromatic N) is 1. The van der Waals surface area contributed by atoms with E-state index >= 15 is 0 Å². The van der Waals surface area contributed by atoms with Crippen molar-refractivity contribution in [1.82, 2.24) is 14.3 Å². The van der Waals surface area contributed by atoms with Crippen LogP contribution in [0.2, 0.25) is 0 Å². The molecule has 3 atom stereocenters. The SMILES string of the molecule is COCC(C)NC(=O)C1CC(c2ccc3c(c2)OCO3)NS(=O)(=O)N1C. The first kappa shape index (κ1) is 18.9. The van der Waals surface area contributed by atoms with Crippen molar-refractivity contribution in [3.05, 3.63) is 23.8 Å². The smallest absolute Gasteiger partial charge is 0.280 e.